The van der Waals surface area contributed by atoms with Gasteiger partial charge in [0.1, 0.15) is 5.82 Å². The number of hydrogen-bond acceptors (Lipinski definition) is 4. The van der Waals surface area contributed by atoms with Crippen LogP contribution in [0.2, 0.25) is 5.02 Å². The molecule has 0 N–H and O–H groups in total. The van der Waals surface area contributed by atoms with Gasteiger partial charge >= 0.3 is 0 Å². The van der Waals surface area contributed by atoms with Crippen LogP contribution in [0.15, 0.2) is 48.7 Å². The number of carbonyl (C=O) groups is 2. The molecule has 2 fully saturated rings. The van der Waals surface area contributed by atoms with Gasteiger partial charge in [-0.05, 0) is 49.2 Å². The van der Waals surface area contributed by atoms with Crippen LogP contribution in [0.4, 0.5) is 5.82 Å². The smallest absolute Gasteiger partial charge is 0.253 e. The zero-order valence-corrected chi connectivity index (χ0v) is 17.1. The van der Waals surface area contributed by atoms with E-state index in [0.717, 1.165) is 31.7 Å². The SMILES string of the molecule is O=C(c1ccc(Cl)cc1)N1CCC[C@@H](C(=O)N2CCN(c3ccccn3)CC2)C1. The fourth-order valence-electron chi connectivity index (χ4n) is 4.09. The highest BCUT2D eigenvalue weighted by molar-refractivity contribution is 6.30. The number of hydrogen-bond donors (Lipinski definition) is 0. The Hall–Kier alpha value is -2.60. The van der Waals surface area contributed by atoms with Crippen molar-refractivity contribution in [3.63, 3.8) is 0 Å². The van der Waals surface area contributed by atoms with E-state index in [2.05, 4.69) is 9.88 Å². The Bertz CT molecular complexity index is 851. The molecule has 4 rings (SSSR count). The van der Waals surface area contributed by atoms with E-state index in [4.69, 9.17) is 11.6 Å². The number of piperazine rings is 1. The van der Waals surface area contributed by atoms with Gasteiger partial charge in [0, 0.05) is 56.1 Å². The van der Waals surface area contributed by atoms with E-state index in [1.54, 1.807) is 35.4 Å². The molecule has 2 aliphatic heterocycles. The normalized spacial score (nSPS) is 19.9. The molecule has 0 spiro atoms. The van der Waals surface area contributed by atoms with E-state index in [1.165, 1.54) is 0 Å². The van der Waals surface area contributed by atoms with E-state index in [1.807, 2.05) is 23.1 Å². The minimum absolute atomic E-state index is 0.0286. The molecule has 3 heterocycles. The second kappa shape index (κ2) is 8.82. The van der Waals surface area contributed by atoms with Crippen LogP contribution in [0.1, 0.15) is 23.2 Å². The fraction of sp³-hybridized carbons (Fsp3) is 0.409. The number of amides is 2. The lowest BCUT2D eigenvalue weighted by Gasteiger charge is -2.39. The van der Waals surface area contributed by atoms with Crippen LogP contribution in [0.3, 0.4) is 0 Å². The van der Waals surface area contributed by atoms with Crippen molar-refractivity contribution in [2.24, 2.45) is 5.92 Å². The highest BCUT2D eigenvalue weighted by atomic mass is 35.5. The first-order valence-electron chi connectivity index (χ1n) is 10.1. The van der Waals surface area contributed by atoms with Crippen molar-refractivity contribution in [2.75, 3.05) is 44.2 Å². The Morgan fingerprint density at radius 1 is 0.931 bits per heavy atom. The fourth-order valence-corrected chi connectivity index (χ4v) is 4.22. The molecular formula is C22H25ClN4O2. The van der Waals surface area contributed by atoms with Crippen LogP contribution < -0.4 is 4.90 Å². The van der Waals surface area contributed by atoms with Gasteiger partial charge in [-0.1, -0.05) is 17.7 Å². The molecule has 2 aromatic rings. The minimum Gasteiger partial charge on any atom is -0.353 e. The van der Waals surface area contributed by atoms with Gasteiger partial charge in [0.25, 0.3) is 5.91 Å². The van der Waals surface area contributed by atoms with Crippen LogP contribution in [0.5, 0.6) is 0 Å². The molecule has 2 amide bonds. The Morgan fingerprint density at radius 2 is 1.69 bits per heavy atom. The van der Waals surface area contributed by atoms with Crippen molar-refractivity contribution in [1.29, 1.82) is 0 Å². The molecule has 0 bridgehead atoms. The standard InChI is InChI=1S/C22H25ClN4O2/c23-19-8-6-17(7-9-19)21(28)27-11-3-4-18(16-27)22(29)26-14-12-25(13-15-26)20-5-1-2-10-24-20/h1-2,5-10,18H,3-4,11-16H2/t18-/m1/s1. The maximum Gasteiger partial charge on any atom is 0.253 e. The number of piperidine rings is 1. The number of pyridine rings is 1. The molecular weight excluding hydrogens is 388 g/mol. The zero-order chi connectivity index (χ0) is 20.2. The molecule has 1 aromatic heterocycles. The number of anilines is 1. The van der Waals surface area contributed by atoms with E-state index < -0.39 is 0 Å². The summed E-state index contributed by atoms with van der Waals surface area (Å²) in [5.41, 5.74) is 0.617. The summed E-state index contributed by atoms with van der Waals surface area (Å²) >= 11 is 5.92. The Labute approximate surface area is 176 Å². The summed E-state index contributed by atoms with van der Waals surface area (Å²) in [6.45, 7) is 4.12. The highest BCUT2D eigenvalue weighted by Crippen LogP contribution is 2.23. The van der Waals surface area contributed by atoms with Gasteiger partial charge < -0.3 is 14.7 Å². The number of nitrogens with zero attached hydrogens (tertiary/aromatic N) is 4. The molecule has 0 aliphatic carbocycles. The number of halogens is 1. The average Bonchev–Trinajstić information content (AvgIpc) is 2.79. The summed E-state index contributed by atoms with van der Waals surface area (Å²) < 4.78 is 0. The minimum atomic E-state index is -0.124. The molecule has 2 saturated heterocycles. The molecule has 6 nitrogen and oxygen atoms in total. The van der Waals surface area contributed by atoms with Crippen LogP contribution in [0, 0.1) is 5.92 Å². The van der Waals surface area contributed by atoms with Crippen molar-refractivity contribution < 1.29 is 9.59 Å². The predicted molar refractivity (Wildman–Crippen MR) is 113 cm³/mol. The maximum atomic E-state index is 13.1. The van der Waals surface area contributed by atoms with Crippen molar-refractivity contribution in [3.05, 3.63) is 59.2 Å². The van der Waals surface area contributed by atoms with Crippen molar-refractivity contribution >= 4 is 29.2 Å². The van der Waals surface area contributed by atoms with E-state index in [-0.39, 0.29) is 17.7 Å². The monoisotopic (exact) mass is 412 g/mol. The second-order valence-corrected chi connectivity index (χ2v) is 8.03. The molecule has 0 unspecified atom stereocenters. The summed E-state index contributed by atoms with van der Waals surface area (Å²) in [7, 11) is 0. The van der Waals surface area contributed by atoms with Gasteiger partial charge in [0.2, 0.25) is 5.91 Å². The maximum absolute atomic E-state index is 13.1. The van der Waals surface area contributed by atoms with Gasteiger partial charge in [-0.15, -0.1) is 0 Å². The molecule has 1 aromatic carbocycles. The van der Waals surface area contributed by atoms with E-state index in [9.17, 15) is 9.59 Å². The number of rotatable bonds is 3. The lowest BCUT2D eigenvalue weighted by molar-refractivity contribution is -0.137. The largest absolute Gasteiger partial charge is 0.353 e. The first-order chi connectivity index (χ1) is 14.1. The Kier molecular flexibility index (Phi) is 6.00. The van der Waals surface area contributed by atoms with Gasteiger partial charge in [-0.2, -0.15) is 0 Å². The summed E-state index contributed by atoms with van der Waals surface area (Å²) in [4.78, 5) is 36.2. The third-order valence-corrected chi connectivity index (χ3v) is 5.97. The first kappa shape index (κ1) is 19.7. The Balaban J connectivity index is 1.34. The summed E-state index contributed by atoms with van der Waals surface area (Å²) in [5, 5.41) is 0.609. The molecule has 7 heteroatoms. The van der Waals surface area contributed by atoms with Gasteiger partial charge in [-0.25, -0.2) is 4.98 Å². The zero-order valence-electron chi connectivity index (χ0n) is 16.3. The van der Waals surface area contributed by atoms with Crippen LogP contribution >= 0.6 is 11.6 Å². The molecule has 0 radical (unpaired) electrons. The molecule has 2 aliphatic rings. The van der Waals surface area contributed by atoms with Crippen LogP contribution in [0.25, 0.3) is 0 Å². The topological polar surface area (TPSA) is 56.8 Å². The van der Waals surface area contributed by atoms with Gasteiger partial charge in [-0.3, -0.25) is 9.59 Å². The summed E-state index contributed by atoms with van der Waals surface area (Å²) in [5.74, 6) is 0.969. The van der Waals surface area contributed by atoms with Gasteiger partial charge in [0.05, 0.1) is 5.92 Å². The second-order valence-electron chi connectivity index (χ2n) is 7.60. The Morgan fingerprint density at radius 3 is 2.38 bits per heavy atom. The number of carbonyl (C=O) groups excluding carboxylic acids is 2. The predicted octanol–water partition coefficient (Wildman–Crippen LogP) is 2.94. The van der Waals surface area contributed by atoms with E-state index in [0.29, 0.717) is 36.8 Å². The molecule has 152 valence electrons. The lowest BCUT2D eigenvalue weighted by Crippen LogP contribution is -2.53. The van der Waals surface area contributed by atoms with Crippen LogP contribution in [-0.2, 0) is 4.79 Å². The lowest BCUT2D eigenvalue weighted by atomic mass is 9.95. The number of benzene rings is 1. The highest BCUT2D eigenvalue weighted by Gasteiger charge is 2.33. The summed E-state index contributed by atoms with van der Waals surface area (Å²) in [6, 6.07) is 12.8. The van der Waals surface area contributed by atoms with E-state index >= 15 is 0 Å². The van der Waals surface area contributed by atoms with Crippen molar-refractivity contribution in [2.45, 2.75) is 12.8 Å². The molecule has 1 atom stereocenters. The third-order valence-electron chi connectivity index (χ3n) is 5.71. The first-order valence-corrected chi connectivity index (χ1v) is 10.5. The third kappa shape index (κ3) is 4.53. The quantitative estimate of drug-likeness (QED) is 0.777. The molecule has 0 saturated carbocycles. The van der Waals surface area contributed by atoms with Crippen molar-refractivity contribution in [1.82, 2.24) is 14.8 Å². The molecule has 29 heavy (non-hydrogen) atoms. The average molecular weight is 413 g/mol. The number of likely N-dealkylation sites (tertiary alicyclic amines) is 1. The van der Waals surface area contributed by atoms with Crippen LogP contribution in [-0.4, -0.2) is 65.9 Å². The van der Waals surface area contributed by atoms with Crippen molar-refractivity contribution in [3.8, 4) is 0 Å². The number of aromatic nitrogens is 1. The van der Waals surface area contributed by atoms with Gasteiger partial charge in [0.15, 0.2) is 0 Å². The summed E-state index contributed by atoms with van der Waals surface area (Å²) in [6.07, 6.45) is 3.48.